The lowest BCUT2D eigenvalue weighted by atomic mass is 10.2. The number of anilines is 2. The largest absolute Gasteiger partial charge is 0.482 e. The molecule has 1 aromatic heterocycles. The maximum Gasteiger partial charge on any atom is 0.379 e. The van der Waals surface area contributed by atoms with Gasteiger partial charge in [-0.25, -0.2) is 4.79 Å². The van der Waals surface area contributed by atoms with Crippen molar-refractivity contribution in [3.05, 3.63) is 71.6 Å². The van der Waals surface area contributed by atoms with E-state index in [-0.39, 0.29) is 18.3 Å². The normalized spacial score (nSPS) is 13.5. The number of furan rings is 1. The summed E-state index contributed by atoms with van der Waals surface area (Å²) < 4.78 is 21.4. The molecule has 2 aromatic carbocycles. The van der Waals surface area contributed by atoms with Gasteiger partial charge in [0.2, 0.25) is 5.76 Å². The number of hydrogen-bond donors (Lipinski definition) is 1. The van der Waals surface area contributed by atoms with Gasteiger partial charge in [-0.3, -0.25) is 4.79 Å². The fraction of sp³-hybridized carbons (Fsp3) is 0.217. The van der Waals surface area contributed by atoms with Crippen molar-refractivity contribution in [1.82, 2.24) is 0 Å². The van der Waals surface area contributed by atoms with Crippen molar-refractivity contribution in [2.75, 3.05) is 43.1 Å². The Balaban J connectivity index is 1.49. The number of morpholine rings is 1. The molecule has 3 aromatic rings. The summed E-state index contributed by atoms with van der Waals surface area (Å²) in [5.41, 5.74) is 1.28. The van der Waals surface area contributed by atoms with Crippen molar-refractivity contribution in [1.29, 1.82) is 0 Å². The van der Waals surface area contributed by atoms with E-state index in [1.165, 1.54) is 12.3 Å². The third kappa shape index (κ3) is 5.40. The minimum Gasteiger partial charge on any atom is -0.482 e. The highest BCUT2D eigenvalue weighted by atomic mass is 35.5. The van der Waals surface area contributed by atoms with E-state index in [0.29, 0.717) is 54.2 Å². The van der Waals surface area contributed by atoms with E-state index in [1.54, 1.807) is 48.5 Å². The Morgan fingerprint density at radius 2 is 1.88 bits per heavy atom. The van der Waals surface area contributed by atoms with Crippen LogP contribution in [0.25, 0.3) is 0 Å². The second kappa shape index (κ2) is 10.2. The lowest BCUT2D eigenvalue weighted by Crippen LogP contribution is -2.37. The van der Waals surface area contributed by atoms with Gasteiger partial charge in [0, 0.05) is 19.2 Å². The van der Waals surface area contributed by atoms with Crippen molar-refractivity contribution in [3.63, 3.8) is 0 Å². The molecule has 1 amide bonds. The number of rotatable bonds is 7. The molecule has 0 aliphatic carbocycles. The number of esters is 1. The van der Waals surface area contributed by atoms with Crippen molar-refractivity contribution in [3.8, 4) is 11.5 Å². The quantitative estimate of drug-likeness (QED) is 0.424. The first-order chi connectivity index (χ1) is 15.6. The van der Waals surface area contributed by atoms with Crippen LogP contribution in [0, 0.1) is 0 Å². The van der Waals surface area contributed by atoms with Crippen LogP contribution < -0.4 is 19.7 Å². The summed E-state index contributed by atoms with van der Waals surface area (Å²) in [5, 5.41) is 3.28. The van der Waals surface area contributed by atoms with Gasteiger partial charge in [0.1, 0.15) is 11.5 Å². The third-order valence-electron chi connectivity index (χ3n) is 4.72. The zero-order chi connectivity index (χ0) is 22.3. The van der Waals surface area contributed by atoms with Crippen LogP contribution in [0.2, 0.25) is 5.02 Å². The van der Waals surface area contributed by atoms with E-state index in [0.717, 1.165) is 0 Å². The van der Waals surface area contributed by atoms with E-state index < -0.39 is 5.97 Å². The second-order valence-corrected chi connectivity index (χ2v) is 7.32. The van der Waals surface area contributed by atoms with Gasteiger partial charge in [0.25, 0.3) is 5.91 Å². The number of benzene rings is 2. The van der Waals surface area contributed by atoms with Crippen LogP contribution in [-0.4, -0.2) is 44.8 Å². The van der Waals surface area contributed by atoms with E-state index >= 15 is 0 Å². The van der Waals surface area contributed by atoms with Gasteiger partial charge in [-0.1, -0.05) is 23.7 Å². The molecule has 2 heterocycles. The zero-order valence-electron chi connectivity index (χ0n) is 17.1. The number of carbonyl (C=O) groups excluding carboxylic acids is 2. The van der Waals surface area contributed by atoms with Gasteiger partial charge in [0.15, 0.2) is 6.61 Å². The predicted octanol–water partition coefficient (Wildman–Crippen LogP) is 4.01. The van der Waals surface area contributed by atoms with Gasteiger partial charge in [-0.15, -0.1) is 0 Å². The average molecular weight is 457 g/mol. The molecule has 8 nitrogen and oxygen atoms in total. The fourth-order valence-corrected chi connectivity index (χ4v) is 3.38. The van der Waals surface area contributed by atoms with Gasteiger partial charge in [-0.2, -0.15) is 0 Å². The summed E-state index contributed by atoms with van der Waals surface area (Å²) in [4.78, 5) is 26.8. The average Bonchev–Trinajstić information content (AvgIpc) is 3.35. The van der Waals surface area contributed by atoms with Crippen molar-refractivity contribution in [2.24, 2.45) is 0 Å². The molecule has 4 rings (SSSR count). The Kier molecular flexibility index (Phi) is 6.94. The van der Waals surface area contributed by atoms with Crippen molar-refractivity contribution in [2.45, 2.75) is 0 Å². The SMILES string of the molecule is O=C(COc1ccccc1Cl)Nc1ccc(OC(=O)c2ccco2)cc1N1CCOCC1. The molecule has 166 valence electrons. The third-order valence-corrected chi connectivity index (χ3v) is 5.04. The number of hydrogen-bond acceptors (Lipinski definition) is 7. The van der Waals surface area contributed by atoms with Gasteiger partial charge in [-0.05, 0) is 36.4 Å². The van der Waals surface area contributed by atoms with Crippen LogP contribution in [0.3, 0.4) is 0 Å². The monoisotopic (exact) mass is 456 g/mol. The molecule has 32 heavy (non-hydrogen) atoms. The summed E-state index contributed by atoms with van der Waals surface area (Å²) in [6.45, 7) is 2.17. The number of halogens is 1. The molecule has 1 fully saturated rings. The molecule has 9 heteroatoms. The van der Waals surface area contributed by atoms with Crippen LogP contribution in [0.5, 0.6) is 11.5 Å². The molecule has 0 atom stereocenters. The first-order valence-corrected chi connectivity index (χ1v) is 10.4. The van der Waals surface area contributed by atoms with Crippen LogP contribution in [0.4, 0.5) is 11.4 Å². The molecule has 1 aliphatic rings. The Hall–Kier alpha value is -3.49. The number of nitrogens with one attached hydrogen (secondary N) is 1. The molecule has 0 radical (unpaired) electrons. The van der Waals surface area contributed by atoms with Gasteiger partial charge < -0.3 is 28.8 Å². The molecule has 0 unspecified atom stereocenters. The summed E-state index contributed by atoms with van der Waals surface area (Å²) in [7, 11) is 0. The number of carbonyl (C=O) groups is 2. The van der Waals surface area contributed by atoms with Gasteiger partial charge in [0.05, 0.1) is 35.9 Å². The Bertz CT molecular complexity index is 1080. The fourth-order valence-electron chi connectivity index (χ4n) is 3.19. The Morgan fingerprint density at radius 3 is 2.62 bits per heavy atom. The highest BCUT2D eigenvalue weighted by Crippen LogP contribution is 2.32. The maximum absolute atomic E-state index is 12.5. The van der Waals surface area contributed by atoms with Crippen molar-refractivity contribution < 1.29 is 28.2 Å². The van der Waals surface area contributed by atoms with E-state index in [2.05, 4.69) is 10.2 Å². The summed E-state index contributed by atoms with van der Waals surface area (Å²) in [5.74, 6) is -0.0873. The highest BCUT2D eigenvalue weighted by Gasteiger charge is 2.19. The number of nitrogens with zero attached hydrogens (tertiary/aromatic N) is 1. The minimum absolute atomic E-state index is 0.104. The lowest BCUT2D eigenvalue weighted by Gasteiger charge is -2.30. The number of para-hydroxylation sites is 1. The summed E-state index contributed by atoms with van der Waals surface area (Å²) in [6, 6.07) is 15.1. The second-order valence-electron chi connectivity index (χ2n) is 6.91. The molecule has 0 bridgehead atoms. The molecule has 1 aliphatic heterocycles. The maximum atomic E-state index is 12.5. The standard InChI is InChI=1S/C23H21ClN2O6/c24-17-4-1-2-5-20(17)31-15-22(27)25-18-8-7-16(32-23(28)21-6-3-11-30-21)14-19(18)26-9-12-29-13-10-26/h1-8,11,14H,9-10,12-13,15H2,(H,25,27). The Labute approximate surface area is 189 Å². The van der Waals surface area contributed by atoms with Crippen LogP contribution in [0.15, 0.2) is 65.3 Å². The van der Waals surface area contributed by atoms with Crippen molar-refractivity contribution >= 4 is 34.9 Å². The predicted molar refractivity (Wildman–Crippen MR) is 119 cm³/mol. The minimum atomic E-state index is -0.604. The lowest BCUT2D eigenvalue weighted by molar-refractivity contribution is -0.118. The molecule has 0 saturated carbocycles. The van der Waals surface area contributed by atoms with E-state index in [4.69, 9.17) is 30.2 Å². The molecule has 0 spiro atoms. The molecular weight excluding hydrogens is 436 g/mol. The molecule has 1 N–H and O–H groups in total. The van der Waals surface area contributed by atoms with Crippen LogP contribution >= 0.6 is 11.6 Å². The van der Waals surface area contributed by atoms with Gasteiger partial charge >= 0.3 is 5.97 Å². The number of ether oxygens (including phenoxy) is 3. The molecule has 1 saturated heterocycles. The van der Waals surface area contributed by atoms with Crippen LogP contribution in [-0.2, 0) is 9.53 Å². The smallest absolute Gasteiger partial charge is 0.379 e. The highest BCUT2D eigenvalue weighted by molar-refractivity contribution is 6.32. The first kappa shape index (κ1) is 21.7. The van der Waals surface area contributed by atoms with E-state index in [9.17, 15) is 9.59 Å². The van der Waals surface area contributed by atoms with Crippen LogP contribution in [0.1, 0.15) is 10.6 Å². The first-order valence-electron chi connectivity index (χ1n) is 10.00. The topological polar surface area (TPSA) is 90.2 Å². The Morgan fingerprint density at radius 1 is 1.06 bits per heavy atom. The summed E-state index contributed by atoms with van der Waals surface area (Å²) >= 11 is 6.07. The number of amides is 1. The zero-order valence-corrected chi connectivity index (χ0v) is 17.8. The molecular formula is C23H21ClN2O6. The summed E-state index contributed by atoms with van der Waals surface area (Å²) in [6.07, 6.45) is 1.40. The van der Waals surface area contributed by atoms with E-state index in [1.807, 2.05) is 0 Å².